The number of carbonyl (C=O) groups excluding carboxylic acids is 1. The van der Waals surface area contributed by atoms with Gasteiger partial charge >= 0.3 is 0 Å². The van der Waals surface area contributed by atoms with Crippen LogP contribution in [0.4, 0.5) is 0 Å². The first-order valence-corrected chi connectivity index (χ1v) is 11.1. The molecule has 1 aliphatic carbocycles. The molecular formula is C23H30O5S. The summed E-state index contributed by atoms with van der Waals surface area (Å²) in [6.45, 7) is 0.572. The second-order valence-electron chi connectivity index (χ2n) is 6.98. The minimum absolute atomic E-state index is 0.0270. The Balaban J connectivity index is 1.94. The Hall–Kier alpha value is -1.86. The highest BCUT2D eigenvalue weighted by atomic mass is 32.2. The molecule has 2 unspecified atom stereocenters. The smallest absolute Gasteiger partial charge is 0.198 e. The number of para-hydroxylation sites is 1. The highest BCUT2D eigenvalue weighted by Crippen LogP contribution is 2.38. The molecule has 1 aromatic carbocycles. The Kier molecular flexibility index (Phi) is 9.67. The number of benzene rings is 1. The first-order valence-electron chi connectivity index (χ1n) is 9.90. The monoisotopic (exact) mass is 418 g/mol. The minimum Gasteiger partial charge on any atom is -0.494 e. The molecule has 5 nitrogen and oxygen atoms in total. The number of hydrogen-bond acceptors (Lipinski definition) is 6. The fourth-order valence-electron chi connectivity index (χ4n) is 3.15. The number of Topliss-reactive ketones (excluding diaryl/α,β-unsaturated/α-hetero) is 1. The van der Waals surface area contributed by atoms with E-state index in [1.54, 1.807) is 24.3 Å². The molecule has 0 spiro atoms. The summed E-state index contributed by atoms with van der Waals surface area (Å²) in [6, 6.07) is 9.57. The predicted molar refractivity (Wildman–Crippen MR) is 117 cm³/mol. The average Bonchev–Trinajstić information content (AvgIpc) is 2.97. The molecule has 0 aromatic heterocycles. The van der Waals surface area contributed by atoms with Crippen LogP contribution in [0.1, 0.15) is 32.1 Å². The number of rotatable bonds is 12. The zero-order valence-corrected chi connectivity index (χ0v) is 17.6. The van der Waals surface area contributed by atoms with Gasteiger partial charge in [-0.15, -0.1) is 11.8 Å². The number of hydrogen-bond donors (Lipinski definition) is 3. The quantitative estimate of drug-likeness (QED) is 0.356. The third-order valence-electron chi connectivity index (χ3n) is 4.74. The molecule has 0 aliphatic heterocycles. The Morgan fingerprint density at radius 2 is 1.97 bits per heavy atom. The fraction of sp³-hybridized carbons (Fsp3) is 0.435. The predicted octanol–water partition coefficient (Wildman–Crippen LogP) is 3.41. The van der Waals surface area contributed by atoms with Crippen molar-refractivity contribution in [2.75, 3.05) is 19.5 Å². The van der Waals surface area contributed by atoms with Crippen LogP contribution in [0.25, 0.3) is 0 Å². The van der Waals surface area contributed by atoms with Crippen molar-refractivity contribution in [2.24, 2.45) is 0 Å². The molecule has 3 N–H and O–H groups in total. The maximum atomic E-state index is 12.6. The number of thioether (sulfide) groups is 1. The van der Waals surface area contributed by atoms with Crippen LogP contribution in [0.15, 0.2) is 65.1 Å². The van der Waals surface area contributed by atoms with Crippen molar-refractivity contribution in [2.45, 2.75) is 43.8 Å². The summed E-state index contributed by atoms with van der Waals surface area (Å²) < 4.78 is 5.68. The van der Waals surface area contributed by atoms with Crippen molar-refractivity contribution in [1.82, 2.24) is 0 Å². The molecule has 158 valence electrons. The van der Waals surface area contributed by atoms with Crippen LogP contribution in [0.5, 0.6) is 5.75 Å². The van der Waals surface area contributed by atoms with Gasteiger partial charge in [-0.05, 0) is 56.6 Å². The van der Waals surface area contributed by atoms with Gasteiger partial charge in [-0.3, -0.25) is 4.79 Å². The largest absolute Gasteiger partial charge is 0.494 e. The van der Waals surface area contributed by atoms with Gasteiger partial charge in [-0.2, -0.15) is 0 Å². The van der Waals surface area contributed by atoms with E-state index in [2.05, 4.69) is 0 Å². The average molecular weight is 419 g/mol. The number of aliphatic hydroxyl groups excluding tert-OH is 2. The number of carbonyl (C=O) groups is 1. The SMILES string of the molecule is CSC1=CC(O)(CCCCOc2ccccc2)/C(=C\C=C\C(O)CCCO)C1=O. The van der Waals surface area contributed by atoms with E-state index in [1.165, 1.54) is 11.8 Å². The maximum absolute atomic E-state index is 12.6. The summed E-state index contributed by atoms with van der Waals surface area (Å²) >= 11 is 1.32. The third kappa shape index (κ3) is 7.16. The molecular weight excluding hydrogens is 388 g/mol. The van der Waals surface area contributed by atoms with E-state index in [1.807, 2.05) is 36.6 Å². The van der Waals surface area contributed by atoms with Crippen molar-refractivity contribution < 1.29 is 24.9 Å². The second kappa shape index (κ2) is 12.0. The first kappa shape index (κ1) is 23.4. The van der Waals surface area contributed by atoms with Crippen LogP contribution >= 0.6 is 11.8 Å². The van der Waals surface area contributed by atoms with E-state index in [-0.39, 0.29) is 12.4 Å². The Bertz CT molecular complexity index is 741. The third-order valence-corrected chi connectivity index (χ3v) is 5.49. The second-order valence-corrected chi connectivity index (χ2v) is 7.83. The highest BCUT2D eigenvalue weighted by molar-refractivity contribution is 8.03. The molecule has 0 saturated heterocycles. The Morgan fingerprint density at radius 3 is 2.66 bits per heavy atom. The lowest BCUT2D eigenvalue weighted by Gasteiger charge is -2.22. The Morgan fingerprint density at radius 1 is 1.21 bits per heavy atom. The van der Waals surface area contributed by atoms with E-state index in [0.717, 1.165) is 12.2 Å². The van der Waals surface area contributed by atoms with Crippen molar-refractivity contribution in [3.63, 3.8) is 0 Å². The van der Waals surface area contributed by atoms with Gasteiger partial charge in [0.05, 0.1) is 17.6 Å². The molecule has 0 saturated carbocycles. The number of unbranched alkanes of at least 4 members (excludes halogenated alkanes) is 1. The van der Waals surface area contributed by atoms with Gasteiger partial charge in [0.25, 0.3) is 0 Å². The lowest BCUT2D eigenvalue weighted by Crippen LogP contribution is -2.28. The molecule has 0 amide bonds. The van der Waals surface area contributed by atoms with Crippen LogP contribution in [0, 0.1) is 0 Å². The van der Waals surface area contributed by atoms with E-state index in [9.17, 15) is 15.0 Å². The molecule has 6 heteroatoms. The van der Waals surface area contributed by atoms with E-state index >= 15 is 0 Å². The molecule has 2 rings (SSSR count). The summed E-state index contributed by atoms with van der Waals surface area (Å²) in [6.07, 6.45) is 10.4. The molecule has 0 radical (unpaired) electrons. The summed E-state index contributed by atoms with van der Waals surface area (Å²) in [5, 5.41) is 29.7. The van der Waals surface area contributed by atoms with Crippen LogP contribution in [-0.2, 0) is 4.79 Å². The topological polar surface area (TPSA) is 87.0 Å². The number of aliphatic hydroxyl groups is 3. The first-order chi connectivity index (χ1) is 14.0. The zero-order valence-electron chi connectivity index (χ0n) is 16.8. The van der Waals surface area contributed by atoms with E-state index < -0.39 is 11.7 Å². The molecule has 2 atom stereocenters. The molecule has 1 aliphatic rings. The van der Waals surface area contributed by atoms with Gasteiger partial charge in [-0.25, -0.2) is 0 Å². The van der Waals surface area contributed by atoms with E-state index in [4.69, 9.17) is 9.84 Å². The van der Waals surface area contributed by atoms with E-state index in [0.29, 0.717) is 42.8 Å². The van der Waals surface area contributed by atoms with Gasteiger partial charge in [-0.1, -0.05) is 36.4 Å². The lowest BCUT2D eigenvalue weighted by molar-refractivity contribution is -0.112. The maximum Gasteiger partial charge on any atom is 0.198 e. The van der Waals surface area contributed by atoms with Gasteiger partial charge in [0.2, 0.25) is 0 Å². The van der Waals surface area contributed by atoms with Gasteiger partial charge < -0.3 is 20.1 Å². The summed E-state index contributed by atoms with van der Waals surface area (Å²) in [7, 11) is 0. The molecule has 1 aromatic rings. The van der Waals surface area contributed by atoms with Crippen molar-refractivity contribution in [3.8, 4) is 5.75 Å². The van der Waals surface area contributed by atoms with Gasteiger partial charge in [0, 0.05) is 12.2 Å². The van der Waals surface area contributed by atoms with Crippen LogP contribution in [0.2, 0.25) is 0 Å². The summed E-state index contributed by atoms with van der Waals surface area (Å²) in [5.41, 5.74) is -0.973. The van der Waals surface area contributed by atoms with Gasteiger partial charge in [0.1, 0.15) is 11.4 Å². The number of ether oxygens (including phenoxy) is 1. The lowest BCUT2D eigenvalue weighted by atomic mass is 9.90. The molecule has 0 heterocycles. The highest BCUT2D eigenvalue weighted by Gasteiger charge is 2.40. The van der Waals surface area contributed by atoms with Gasteiger partial charge in [0.15, 0.2) is 5.78 Å². The van der Waals surface area contributed by atoms with Crippen molar-refractivity contribution in [3.05, 3.63) is 65.1 Å². The normalized spacial score (nSPS) is 21.7. The van der Waals surface area contributed by atoms with Crippen molar-refractivity contribution >= 4 is 17.5 Å². The minimum atomic E-state index is -1.30. The van der Waals surface area contributed by atoms with Crippen LogP contribution in [-0.4, -0.2) is 52.3 Å². The number of allylic oxidation sites excluding steroid dienone is 3. The summed E-state index contributed by atoms with van der Waals surface area (Å²) in [5.74, 6) is 0.646. The molecule has 0 bridgehead atoms. The standard InChI is InChI=1S/C23H30O5S/c1-29-21-17-23(27,14-5-6-16-28-19-11-3-2-4-12-19)20(22(21)26)13-7-9-18(25)10-8-15-24/h2-4,7,9,11-13,17-18,24-25,27H,5-6,8,10,14-16H2,1H3/b9-7+,20-13-. The fourth-order valence-corrected chi connectivity index (χ4v) is 3.76. The van der Waals surface area contributed by atoms with Crippen molar-refractivity contribution in [1.29, 1.82) is 0 Å². The molecule has 29 heavy (non-hydrogen) atoms. The van der Waals surface area contributed by atoms with Crippen LogP contribution < -0.4 is 4.74 Å². The summed E-state index contributed by atoms with van der Waals surface area (Å²) in [4.78, 5) is 13.1. The number of ketones is 1. The Labute approximate surface area is 176 Å². The molecule has 0 fully saturated rings. The van der Waals surface area contributed by atoms with Crippen LogP contribution in [0.3, 0.4) is 0 Å². The zero-order chi connectivity index (χ0) is 21.1.